The van der Waals surface area contributed by atoms with Gasteiger partial charge in [0.15, 0.2) is 13.0 Å². The van der Waals surface area contributed by atoms with E-state index < -0.39 is 24.0 Å². The van der Waals surface area contributed by atoms with Crippen molar-refractivity contribution in [3.63, 3.8) is 0 Å². The molecular formula is C44H53ClN6O10. The summed E-state index contributed by atoms with van der Waals surface area (Å²) in [5.74, 6) is 0.613. The van der Waals surface area contributed by atoms with Crippen LogP contribution in [0.15, 0.2) is 73.1 Å². The van der Waals surface area contributed by atoms with Crippen LogP contribution in [-0.2, 0) is 14.2 Å². The fourth-order valence-electron chi connectivity index (χ4n) is 7.06. The van der Waals surface area contributed by atoms with Gasteiger partial charge >= 0.3 is 12.2 Å². The lowest BCUT2D eigenvalue weighted by Crippen LogP contribution is -2.43. The van der Waals surface area contributed by atoms with Gasteiger partial charge in [0.2, 0.25) is 0 Å². The summed E-state index contributed by atoms with van der Waals surface area (Å²) < 4.78 is 29.2. The molecule has 61 heavy (non-hydrogen) atoms. The lowest BCUT2D eigenvalue weighted by atomic mass is 9.92. The fraction of sp³-hybridized carbons (Fsp3) is 0.409. The smallest absolute Gasteiger partial charge is 0.415 e. The predicted octanol–water partition coefficient (Wildman–Crippen LogP) is 6.54. The number of nitrogens with one attached hydrogen (secondary N) is 1. The minimum absolute atomic E-state index is 0.0974. The van der Waals surface area contributed by atoms with Gasteiger partial charge in [-0.3, -0.25) is 4.79 Å². The molecule has 1 aliphatic heterocycles. The third-order valence-electron chi connectivity index (χ3n) is 10.0. The number of methoxy groups -OCH3 is 1. The molecule has 2 aromatic heterocycles. The second-order valence-corrected chi connectivity index (χ2v) is 16.0. The zero-order chi connectivity index (χ0) is 43.8. The van der Waals surface area contributed by atoms with Crippen molar-refractivity contribution in [2.24, 2.45) is 0 Å². The van der Waals surface area contributed by atoms with Gasteiger partial charge in [0.25, 0.3) is 5.91 Å². The quantitative estimate of drug-likeness (QED) is 0.0524. The van der Waals surface area contributed by atoms with Gasteiger partial charge in [0.05, 0.1) is 25.5 Å². The number of fused-ring (bicyclic) bond motifs is 4. The molecule has 0 saturated heterocycles. The number of aliphatic hydroxyl groups is 2. The first kappa shape index (κ1) is 44.9. The van der Waals surface area contributed by atoms with Crippen molar-refractivity contribution in [3.05, 3.63) is 95.4 Å². The van der Waals surface area contributed by atoms with Crippen molar-refractivity contribution >= 4 is 57.5 Å². The number of alkyl halides is 1. The van der Waals surface area contributed by atoms with Crippen LogP contribution in [0.5, 0.6) is 11.5 Å². The van der Waals surface area contributed by atoms with Gasteiger partial charge in [-0.05, 0) is 80.6 Å². The van der Waals surface area contributed by atoms with Gasteiger partial charge in [-0.15, -0.1) is 11.6 Å². The van der Waals surface area contributed by atoms with Crippen LogP contribution in [0.4, 0.5) is 21.0 Å². The maximum atomic E-state index is 14.0. The third-order valence-corrected chi connectivity index (χ3v) is 10.4. The number of nitrogens with zero attached hydrogens (tertiary/aromatic N) is 5. The van der Waals surface area contributed by atoms with Gasteiger partial charge in [-0.2, -0.15) is 0 Å². The first-order chi connectivity index (χ1) is 29.2. The molecule has 3 heterocycles. The Balaban J connectivity index is 1.26. The highest BCUT2D eigenvalue weighted by Gasteiger charge is 2.37. The zero-order valence-electron chi connectivity index (χ0n) is 35.2. The maximum Gasteiger partial charge on any atom is 0.415 e. The van der Waals surface area contributed by atoms with Gasteiger partial charge < -0.3 is 58.3 Å². The molecule has 0 bridgehead atoms. The van der Waals surface area contributed by atoms with Crippen molar-refractivity contribution < 1.29 is 48.3 Å². The molecule has 0 radical (unpaired) electrons. The number of hydrogen-bond donors (Lipinski definition) is 3. The number of pyridine rings is 1. The van der Waals surface area contributed by atoms with Crippen LogP contribution in [-0.4, -0.2) is 126 Å². The molecule has 16 nitrogen and oxygen atoms in total. The zero-order valence-corrected chi connectivity index (χ0v) is 36.0. The van der Waals surface area contributed by atoms with Crippen LogP contribution >= 0.6 is 11.6 Å². The van der Waals surface area contributed by atoms with Gasteiger partial charge in [0, 0.05) is 87.2 Å². The van der Waals surface area contributed by atoms with Crippen LogP contribution in [0, 0.1) is 6.92 Å². The molecule has 0 spiro atoms. The summed E-state index contributed by atoms with van der Waals surface area (Å²) in [5.41, 5.74) is 3.64. The van der Waals surface area contributed by atoms with E-state index in [1.165, 1.54) is 16.9 Å². The highest BCUT2D eigenvalue weighted by Crippen LogP contribution is 2.48. The molecule has 1 unspecified atom stereocenters. The van der Waals surface area contributed by atoms with E-state index in [2.05, 4.69) is 5.32 Å². The summed E-state index contributed by atoms with van der Waals surface area (Å²) in [7, 11) is 3.12. The molecule has 0 saturated carbocycles. The standard InChI is InChI=1S/C44H53ClN6O10/c1-28-8-7-9-33-36(60-43(56)49(18-20-58-21-19-52)17-16-48(5)42(55)61-44(2,3)4)22-35-39(38(28)33)30(23-45)24-51(35)41(54)34-26-50-25-31(12-15-37(50)47-34)46-40(53)29-10-13-32(14-11-29)59-27-57-6/h7-15,22,25-26,30,41,52,54H,16-21,23-24,27H2,1-6H3,(H,46,53)/t30-,41?/m1/s1. The van der Waals surface area contributed by atoms with E-state index in [1.54, 1.807) is 92.0 Å². The molecule has 1 aliphatic rings. The molecule has 326 valence electrons. The highest BCUT2D eigenvalue weighted by molar-refractivity contribution is 6.19. The summed E-state index contributed by atoms with van der Waals surface area (Å²) >= 11 is 6.62. The number of rotatable bonds is 17. The van der Waals surface area contributed by atoms with Crippen LogP contribution < -0.4 is 19.7 Å². The number of aromatic nitrogens is 2. The Morgan fingerprint density at radius 1 is 1.02 bits per heavy atom. The van der Waals surface area contributed by atoms with E-state index in [0.29, 0.717) is 46.0 Å². The number of benzene rings is 3. The summed E-state index contributed by atoms with van der Waals surface area (Å²) in [6, 6.07) is 17.6. The van der Waals surface area contributed by atoms with Crippen molar-refractivity contribution in [3.8, 4) is 11.5 Å². The predicted molar refractivity (Wildman–Crippen MR) is 231 cm³/mol. The molecule has 3 amide bonds. The minimum Gasteiger partial charge on any atom is -0.468 e. The summed E-state index contributed by atoms with van der Waals surface area (Å²) in [6.07, 6.45) is 0.978. The topological polar surface area (TPSA) is 177 Å². The van der Waals surface area contributed by atoms with E-state index in [1.807, 2.05) is 25.1 Å². The number of likely N-dealkylation sites (N-methyl/N-ethyl adjacent to an activating group) is 1. The second kappa shape index (κ2) is 19.8. The number of carbonyl (C=O) groups is 3. The first-order valence-corrected chi connectivity index (χ1v) is 20.4. The number of halogens is 1. The molecule has 0 fully saturated rings. The highest BCUT2D eigenvalue weighted by atomic mass is 35.5. The summed E-state index contributed by atoms with van der Waals surface area (Å²) in [4.78, 5) is 49.1. The Labute approximate surface area is 359 Å². The summed E-state index contributed by atoms with van der Waals surface area (Å²) in [6.45, 7) is 8.19. The molecule has 2 atom stereocenters. The van der Waals surface area contributed by atoms with Crippen LogP contribution in [0.2, 0.25) is 0 Å². The second-order valence-electron chi connectivity index (χ2n) is 15.7. The Morgan fingerprint density at radius 2 is 1.79 bits per heavy atom. The number of anilines is 2. The summed E-state index contributed by atoms with van der Waals surface area (Å²) in [5, 5.41) is 25.7. The van der Waals surface area contributed by atoms with Gasteiger partial charge in [0.1, 0.15) is 28.4 Å². The minimum atomic E-state index is -1.22. The molecule has 6 rings (SSSR count). The molecule has 0 aliphatic carbocycles. The normalized spacial score (nSPS) is 14.2. The van der Waals surface area contributed by atoms with Crippen molar-refractivity contribution in [2.45, 2.75) is 45.4 Å². The lowest BCUT2D eigenvalue weighted by molar-refractivity contribution is 0.0273. The molecule has 5 aromatic rings. The Hall–Kier alpha value is -5.65. The van der Waals surface area contributed by atoms with Gasteiger partial charge in [-0.1, -0.05) is 18.2 Å². The number of ether oxygens (including phenoxy) is 5. The fourth-order valence-corrected chi connectivity index (χ4v) is 7.31. The van der Waals surface area contributed by atoms with E-state index in [9.17, 15) is 24.6 Å². The molecule has 17 heteroatoms. The molecular weight excluding hydrogens is 808 g/mol. The third kappa shape index (κ3) is 10.8. The number of hydrogen-bond acceptors (Lipinski definition) is 12. The van der Waals surface area contributed by atoms with Gasteiger partial charge in [-0.25, -0.2) is 14.6 Å². The Kier molecular flexibility index (Phi) is 14.6. The first-order valence-electron chi connectivity index (χ1n) is 19.9. The van der Waals surface area contributed by atoms with Crippen LogP contribution in [0.25, 0.3) is 16.4 Å². The molecule has 3 N–H and O–H groups in total. The van der Waals surface area contributed by atoms with Crippen LogP contribution in [0.1, 0.15) is 60.1 Å². The Morgan fingerprint density at radius 3 is 2.49 bits per heavy atom. The Bertz CT molecular complexity index is 2330. The number of aryl methyl sites for hydroxylation is 1. The largest absolute Gasteiger partial charge is 0.468 e. The van der Waals surface area contributed by atoms with E-state index in [0.717, 1.165) is 16.5 Å². The van der Waals surface area contributed by atoms with E-state index in [4.69, 9.17) is 40.3 Å². The SMILES string of the molecule is COCOc1ccc(C(=O)Nc2ccc3nc(C(O)N4C[C@@H](CCl)c5c4cc(OC(=O)N(CCOCCO)CCN(C)C(=O)OC(C)(C)C)c4cccc(C)c54)cn3c2)cc1. The van der Waals surface area contributed by atoms with E-state index in [-0.39, 0.29) is 69.7 Å². The monoisotopic (exact) mass is 860 g/mol. The van der Waals surface area contributed by atoms with Crippen molar-refractivity contribution in [1.29, 1.82) is 0 Å². The van der Waals surface area contributed by atoms with E-state index >= 15 is 0 Å². The number of imidazole rings is 1. The molecule has 3 aromatic carbocycles. The maximum absolute atomic E-state index is 14.0. The number of aliphatic hydroxyl groups excluding tert-OH is 2. The average Bonchev–Trinajstić information content (AvgIpc) is 3.83. The van der Waals surface area contributed by atoms with Crippen LogP contribution in [0.3, 0.4) is 0 Å². The lowest BCUT2D eigenvalue weighted by Gasteiger charge is -2.28. The van der Waals surface area contributed by atoms with Crippen molar-refractivity contribution in [2.75, 3.05) is 83.0 Å². The van der Waals surface area contributed by atoms with Crippen molar-refractivity contribution in [1.82, 2.24) is 19.2 Å². The number of amides is 3. The number of carbonyl (C=O) groups excluding carboxylic acids is 3. The average molecular weight is 861 g/mol.